The number of nitrogens with one attached hydrogen (secondary N) is 2. The highest BCUT2D eigenvalue weighted by Gasteiger charge is 2.23. The Bertz CT molecular complexity index is 1110. The first kappa shape index (κ1) is 22.3. The lowest BCUT2D eigenvalue weighted by Crippen LogP contribution is -2.34. The number of hydrogen-bond donors (Lipinski definition) is 2. The van der Waals surface area contributed by atoms with E-state index < -0.39 is 5.82 Å². The topological polar surface area (TPSA) is 70.2 Å². The highest BCUT2D eigenvalue weighted by atomic mass is 35.5. The predicted octanol–water partition coefficient (Wildman–Crippen LogP) is 4.89. The van der Waals surface area contributed by atoms with E-state index in [2.05, 4.69) is 10.6 Å². The quantitative estimate of drug-likeness (QED) is 0.553. The molecule has 1 saturated carbocycles. The van der Waals surface area contributed by atoms with E-state index in [1.807, 2.05) is 43.3 Å². The van der Waals surface area contributed by atoms with Crippen LogP contribution in [0.5, 0.6) is 0 Å². The Balaban J connectivity index is 1.31. The van der Waals surface area contributed by atoms with Crippen molar-refractivity contribution >= 4 is 40.2 Å². The third-order valence-corrected chi connectivity index (χ3v) is 6.21. The monoisotopic (exact) mass is 455 g/mol. The molecular formula is C24H27ClFN5O. The first-order valence-electron chi connectivity index (χ1n) is 10.8. The minimum Gasteiger partial charge on any atom is -0.362 e. The molecule has 1 aliphatic carbocycles. The number of nitrogens with zero attached hydrogens (tertiary/aromatic N) is 3. The Kier molecular flexibility index (Phi) is 6.74. The van der Waals surface area contributed by atoms with Crippen molar-refractivity contribution in [1.29, 1.82) is 0 Å². The number of carbonyl (C=O) groups is 1. The van der Waals surface area contributed by atoms with E-state index in [0.717, 1.165) is 42.4 Å². The van der Waals surface area contributed by atoms with E-state index in [1.165, 1.54) is 18.2 Å². The Morgan fingerprint density at radius 1 is 1.12 bits per heavy atom. The van der Waals surface area contributed by atoms with Crippen LogP contribution in [-0.2, 0) is 0 Å². The number of rotatable bonds is 6. The van der Waals surface area contributed by atoms with Crippen LogP contribution in [0.25, 0.3) is 10.9 Å². The summed E-state index contributed by atoms with van der Waals surface area (Å²) in [6.45, 7) is 0.595. The lowest BCUT2D eigenvalue weighted by molar-refractivity contribution is 0.0943. The number of fused-ring (bicyclic) bond motifs is 1. The molecule has 8 heteroatoms. The highest BCUT2D eigenvalue weighted by Crippen LogP contribution is 2.28. The van der Waals surface area contributed by atoms with Gasteiger partial charge in [0.1, 0.15) is 11.6 Å². The molecule has 2 aromatic carbocycles. The normalized spacial score (nSPS) is 18.4. The Hall–Kier alpha value is -2.93. The van der Waals surface area contributed by atoms with E-state index in [-0.39, 0.29) is 10.9 Å². The molecule has 168 valence electrons. The van der Waals surface area contributed by atoms with Gasteiger partial charge in [-0.25, -0.2) is 9.37 Å². The van der Waals surface area contributed by atoms with Gasteiger partial charge in [0.2, 0.25) is 5.95 Å². The zero-order valence-electron chi connectivity index (χ0n) is 18.2. The molecule has 1 heterocycles. The van der Waals surface area contributed by atoms with Crippen molar-refractivity contribution in [3.05, 3.63) is 58.9 Å². The maximum absolute atomic E-state index is 13.3. The molecule has 3 aromatic rings. The van der Waals surface area contributed by atoms with Gasteiger partial charge in [-0.05, 0) is 61.9 Å². The molecule has 0 saturated heterocycles. The van der Waals surface area contributed by atoms with Crippen molar-refractivity contribution < 1.29 is 9.18 Å². The fourth-order valence-corrected chi connectivity index (χ4v) is 4.32. The molecule has 32 heavy (non-hydrogen) atoms. The molecular weight excluding hydrogens is 429 g/mol. The number of aromatic nitrogens is 2. The lowest BCUT2D eigenvalue weighted by Gasteiger charge is -2.29. The van der Waals surface area contributed by atoms with Crippen molar-refractivity contribution in [3.63, 3.8) is 0 Å². The SMILES string of the molecule is CN(C)c1nc(N[C@H]2CC[C@@H](CNC(=O)c3ccc(F)c(Cl)c3)CC2)nc2ccccc12. The van der Waals surface area contributed by atoms with Crippen LogP contribution in [0.2, 0.25) is 5.02 Å². The first-order chi connectivity index (χ1) is 15.4. The molecule has 2 N–H and O–H groups in total. The minimum atomic E-state index is -0.526. The van der Waals surface area contributed by atoms with Crippen LogP contribution in [0.15, 0.2) is 42.5 Å². The summed E-state index contributed by atoms with van der Waals surface area (Å²) in [7, 11) is 3.97. The molecule has 0 spiro atoms. The van der Waals surface area contributed by atoms with Crippen molar-refractivity contribution in [2.75, 3.05) is 30.9 Å². The van der Waals surface area contributed by atoms with Gasteiger partial charge in [-0.15, -0.1) is 0 Å². The van der Waals surface area contributed by atoms with E-state index in [4.69, 9.17) is 21.6 Å². The zero-order chi connectivity index (χ0) is 22.7. The molecule has 1 amide bonds. The fraction of sp³-hybridized carbons (Fsp3) is 0.375. The number of halogens is 2. The van der Waals surface area contributed by atoms with Crippen molar-refractivity contribution in [2.45, 2.75) is 31.7 Å². The number of hydrogen-bond acceptors (Lipinski definition) is 5. The lowest BCUT2D eigenvalue weighted by atomic mass is 9.86. The van der Waals surface area contributed by atoms with Crippen LogP contribution in [0.3, 0.4) is 0 Å². The highest BCUT2D eigenvalue weighted by molar-refractivity contribution is 6.31. The summed E-state index contributed by atoms with van der Waals surface area (Å²) < 4.78 is 13.3. The summed E-state index contributed by atoms with van der Waals surface area (Å²) in [5, 5.41) is 7.44. The number of para-hydroxylation sites is 1. The van der Waals surface area contributed by atoms with Crippen molar-refractivity contribution in [2.24, 2.45) is 5.92 Å². The van der Waals surface area contributed by atoms with Crippen LogP contribution in [0.4, 0.5) is 16.2 Å². The maximum Gasteiger partial charge on any atom is 0.251 e. The fourth-order valence-electron chi connectivity index (χ4n) is 4.14. The molecule has 0 atom stereocenters. The molecule has 0 bridgehead atoms. The Labute approximate surface area is 192 Å². The van der Waals surface area contributed by atoms with Gasteiger partial charge in [0.15, 0.2) is 0 Å². The second-order valence-corrected chi connectivity index (χ2v) is 8.89. The summed E-state index contributed by atoms with van der Waals surface area (Å²) in [6.07, 6.45) is 3.96. The van der Waals surface area contributed by atoms with Gasteiger partial charge in [-0.1, -0.05) is 23.7 Å². The molecule has 1 aromatic heterocycles. The smallest absolute Gasteiger partial charge is 0.251 e. The molecule has 4 rings (SSSR count). The number of benzene rings is 2. The van der Waals surface area contributed by atoms with Gasteiger partial charge in [0.05, 0.1) is 10.5 Å². The summed E-state index contributed by atoms with van der Waals surface area (Å²) >= 11 is 5.77. The van der Waals surface area contributed by atoms with Gasteiger partial charge in [0.25, 0.3) is 5.91 Å². The Morgan fingerprint density at radius 2 is 1.88 bits per heavy atom. The zero-order valence-corrected chi connectivity index (χ0v) is 19.0. The third-order valence-electron chi connectivity index (χ3n) is 5.92. The van der Waals surface area contributed by atoms with Gasteiger partial charge in [-0.2, -0.15) is 4.98 Å². The maximum atomic E-state index is 13.3. The third kappa shape index (κ3) is 5.10. The van der Waals surface area contributed by atoms with Gasteiger partial charge < -0.3 is 15.5 Å². The first-order valence-corrected chi connectivity index (χ1v) is 11.2. The standard InChI is InChI=1S/C24H27ClFN5O/c1-31(2)22-18-5-3-4-6-21(18)29-24(30-22)28-17-10-7-15(8-11-17)14-27-23(32)16-9-12-20(26)19(25)13-16/h3-6,9,12-13,15,17H,7-8,10-11,14H2,1-2H3,(H,27,32)(H,28,29,30)/t15-,17+. The minimum absolute atomic E-state index is 0.0439. The van der Waals surface area contributed by atoms with Crippen LogP contribution < -0.4 is 15.5 Å². The number of carbonyl (C=O) groups excluding carboxylic acids is 1. The summed E-state index contributed by atoms with van der Waals surface area (Å²) in [5.41, 5.74) is 1.29. The average molecular weight is 456 g/mol. The van der Waals surface area contributed by atoms with E-state index >= 15 is 0 Å². The van der Waals surface area contributed by atoms with Crippen molar-refractivity contribution in [3.8, 4) is 0 Å². The largest absolute Gasteiger partial charge is 0.362 e. The molecule has 0 radical (unpaired) electrons. The average Bonchev–Trinajstić information content (AvgIpc) is 2.79. The van der Waals surface area contributed by atoms with E-state index in [0.29, 0.717) is 30.0 Å². The van der Waals surface area contributed by atoms with Crippen LogP contribution in [0, 0.1) is 11.7 Å². The molecule has 0 aliphatic heterocycles. The Morgan fingerprint density at radius 3 is 2.59 bits per heavy atom. The second-order valence-electron chi connectivity index (χ2n) is 8.48. The molecule has 0 unspecified atom stereocenters. The second kappa shape index (κ2) is 9.69. The van der Waals surface area contributed by atoms with Gasteiger partial charge >= 0.3 is 0 Å². The van der Waals surface area contributed by atoms with Crippen LogP contribution >= 0.6 is 11.6 Å². The summed E-state index contributed by atoms with van der Waals surface area (Å²) in [4.78, 5) is 23.8. The van der Waals surface area contributed by atoms with Crippen LogP contribution in [-0.4, -0.2) is 42.6 Å². The van der Waals surface area contributed by atoms with Crippen LogP contribution in [0.1, 0.15) is 36.0 Å². The number of amides is 1. The summed E-state index contributed by atoms with van der Waals surface area (Å²) in [6, 6.07) is 12.3. The van der Waals surface area contributed by atoms with E-state index in [1.54, 1.807) is 0 Å². The van der Waals surface area contributed by atoms with Gasteiger partial charge in [-0.3, -0.25) is 4.79 Å². The van der Waals surface area contributed by atoms with Gasteiger partial charge in [0, 0.05) is 37.6 Å². The molecule has 1 fully saturated rings. The molecule has 6 nitrogen and oxygen atoms in total. The van der Waals surface area contributed by atoms with Crippen molar-refractivity contribution in [1.82, 2.24) is 15.3 Å². The van der Waals surface area contributed by atoms with E-state index in [9.17, 15) is 9.18 Å². The predicted molar refractivity (Wildman–Crippen MR) is 127 cm³/mol. The number of anilines is 2. The molecule has 1 aliphatic rings. The summed E-state index contributed by atoms with van der Waals surface area (Å²) in [5.74, 6) is 1.20.